The molecular formula is C14H15Cl2N3. The molecule has 0 atom stereocenters. The first-order valence-electron chi connectivity index (χ1n) is 6.49. The molecule has 0 amide bonds. The van der Waals surface area contributed by atoms with Crippen molar-refractivity contribution in [2.24, 2.45) is 0 Å². The molecule has 5 heteroatoms. The molecule has 2 aromatic rings. The number of para-hydroxylation sites is 1. The number of hydrogen-bond donors (Lipinski definition) is 1. The highest BCUT2D eigenvalue weighted by Gasteiger charge is 2.19. The second-order valence-corrected chi connectivity index (χ2v) is 5.63. The first-order chi connectivity index (χ1) is 9.25. The van der Waals surface area contributed by atoms with E-state index in [4.69, 9.17) is 23.2 Å². The summed E-state index contributed by atoms with van der Waals surface area (Å²) in [6.07, 6.45) is 8.82. The van der Waals surface area contributed by atoms with E-state index in [1.165, 1.54) is 25.7 Å². The molecule has 1 heterocycles. The van der Waals surface area contributed by atoms with Gasteiger partial charge in [-0.2, -0.15) is 0 Å². The van der Waals surface area contributed by atoms with Crippen LogP contribution in [0.2, 0.25) is 10.0 Å². The molecule has 1 fully saturated rings. The van der Waals surface area contributed by atoms with Crippen molar-refractivity contribution in [2.75, 3.05) is 5.32 Å². The first-order valence-corrected chi connectivity index (χ1v) is 7.25. The van der Waals surface area contributed by atoms with Crippen molar-refractivity contribution in [3.8, 4) is 0 Å². The van der Waals surface area contributed by atoms with Crippen molar-refractivity contribution < 1.29 is 0 Å². The molecule has 1 aromatic heterocycles. The topological polar surface area (TPSA) is 29.9 Å². The van der Waals surface area contributed by atoms with Crippen molar-refractivity contribution in [1.29, 1.82) is 0 Å². The van der Waals surface area contributed by atoms with Crippen molar-refractivity contribution >= 4 is 34.8 Å². The monoisotopic (exact) mass is 295 g/mol. The zero-order chi connectivity index (χ0) is 13.2. The van der Waals surface area contributed by atoms with Crippen LogP contribution in [0.1, 0.15) is 31.7 Å². The van der Waals surface area contributed by atoms with Gasteiger partial charge in [0.2, 0.25) is 5.95 Å². The van der Waals surface area contributed by atoms with E-state index in [0.29, 0.717) is 16.1 Å². The summed E-state index contributed by atoms with van der Waals surface area (Å²) in [5.41, 5.74) is 0.719. The molecular weight excluding hydrogens is 281 g/mol. The van der Waals surface area contributed by atoms with Gasteiger partial charge in [0.1, 0.15) is 0 Å². The molecule has 1 saturated carbocycles. The van der Waals surface area contributed by atoms with E-state index in [0.717, 1.165) is 11.6 Å². The molecule has 1 aliphatic carbocycles. The molecule has 3 rings (SSSR count). The van der Waals surface area contributed by atoms with Gasteiger partial charge >= 0.3 is 0 Å². The summed E-state index contributed by atoms with van der Waals surface area (Å²) in [4.78, 5) is 4.37. The second-order valence-electron chi connectivity index (χ2n) is 4.82. The maximum atomic E-state index is 6.17. The smallest absolute Gasteiger partial charge is 0.207 e. The molecule has 1 aliphatic rings. The third-order valence-electron chi connectivity index (χ3n) is 3.59. The number of imidazole rings is 1. The summed E-state index contributed by atoms with van der Waals surface area (Å²) in [6.45, 7) is 0. The van der Waals surface area contributed by atoms with E-state index in [9.17, 15) is 0 Å². The number of benzene rings is 1. The number of nitrogens with one attached hydrogen (secondary N) is 1. The Kier molecular flexibility index (Phi) is 3.67. The van der Waals surface area contributed by atoms with Crippen LogP contribution in [0.25, 0.3) is 0 Å². The fraction of sp³-hybridized carbons (Fsp3) is 0.357. The quantitative estimate of drug-likeness (QED) is 0.859. The Balaban J connectivity index is 1.89. The normalized spacial score (nSPS) is 15.9. The lowest BCUT2D eigenvalue weighted by atomic mass is 10.2. The number of hydrogen-bond acceptors (Lipinski definition) is 2. The molecule has 100 valence electrons. The molecule has 19 heavy (non-hydrogen) atoms. The summed E-state index contributed by atoms with van der Waals surface area (Å²) < 4.78 is 2.19. The minimum Gasteiger partial charge on any atom is -0.323 e. The van der Waals surface area contributed by atoms with Crippen molar-refractivity contribution in [1.82, 2.24) is 9.55 Å². The van der Waals surface area contributed by atoms with Crippen molar-refractivity contribution in [3.05, 3.63) is 40.6 Å². The van der Waals surface area contributed by atoms with E-state index >= 15 is 0 Å². The van der Waals surface area contributed by atoms with Crippen LogP contribution in [0, 0.1) is 0 Å². The molecule has 3 nitrogen and oxygen atoms in total. The Morgan fingerprint density at radius 2 is 1.84 bits per heavy atom. The summed E-state index contributed by atoms with van der Waals surface area (Å²) in [5, 5.41) is 4.46. The Bertz CT molecular complexity index is 554. The Labute approximate surface area is 122 Å². The van der Waals surface area contributed by atoms with Gasteiger partial charge in [0.15, 0.2) is 0 Å². The van der Waals surface area contributed by atoms with Crippen LogP contribution in [-0.2, 0) is 0 Å². The van der Waals surface area contributed by atoms with Crippen molar-refractivity contribution in [3.63, 3.8) is 0 Å². The van der Waals surface area contributed by atoms with E-state index in [1.807, 2.05) is 30.6 Å². The third kappa shape index (κ3) is 2.58. The zero-order valence-corrected chi connectivity index (χ0v) is 12.0. The third-order valence-corrected chi connectivity index (χ3v) is 4.22. The summed E-state index contributed by atoms with van der Waals surface area (Å²) in [5.74, 6) is 0.807. The minimum absolute atomic E-state index is 0.534. The number of rotatable bonds is 3. The molecule has 0 radical (unpaired) electrons. The number of anilines is 2. The highest BCUT2D eigenvalue weighted by molar-refractivity contribution is 6.39. The summed E-state index contributed by atoms with van der Waals surface area (Å²) >= 11 is 12.3. The lowest BCUT2D eigenvalue weighted by Crippen LogP contribution is -2.08. The van der Waals surface area contributed by atoms with Gasteiger partial charge in [-0.1, -0.05) is 42.1 Å². The Hall–Kier alpha value is -1.19. The number of nitrogens with zero attached hydrogens (tertiary/aromatic N) is 2. The van der Waals surface area contributed by atoms with Gasteiger partial charge in [0, 0.05) is 18.4 Å². The summed E-state index contributed by atoms with van der Waals surface area (Å²) in [6, 6.07) is 6.00. The SMILES string of the molecule is Clc1cccc(Cl)c1Nc1nccn1C1CCCC1. The van der Waals surface area contributed by atoms with Gasteiger partial charge in [-0.3, -0.25) is 0 Å². The van der Waals surface area contributed by atoms with Gasteiger partial charge in [-0.25, -0.2) is 4.98 Å². The molecule has 1 N–H and O–H groups in total. The lowest BCUT2D eigenvalue weighted by molar-refractivity contribution is 0.525. The van der Waals surface area contributed by atoms with Crippen LogP contribution in [0.15, 0.2) is 30.6 Å². The number of aromatic nitrogens is 2. The molecule has 1 aromatic carbocycles. The highest BCUT2D eigenvalue weighted by atomic mass is 35.5. The van der Waals surface area contributed by atoms with Crippen molar-refractivity contribution in [2.45, 2.75) is 31.7 Å². The Morgan fingerprint density at radius 1 is 1.16 bits per heavy atom. The fourth-order valence-electron chi connectivity index (χ4n) is 2.62. The van der Waals surface area contributed by atoms with Crippen LogP contribution in [0.5, 0.6) is 0 Å². The zero-order valence-electron chi connectivity index (χ0n) is 10.4. The predicted octanol–water partition coefficient (Wildman–Crippen LogP) is 5.05. The van der Waals surface area contributed by atoms with Gasteiger partial charge in [0.05, 0.1) is 15.7 Å². The van der Waals surface area contributed by atoms with Crippen LogP contribution < -0.4 is 5.32 Å². The maximum Gasteiger partial charge on any atom is 0.207 e. The highest BCUT2D eigenvalue weighted by Crippen LogP contribution is 2.35. The molecule has 0 aliphatic heterocycles. The average molecular weight is 296 g/mol. The van der Waals surface area contributed by atoms with E-state index in [1.54, 1.807) is 0 Å². The minimum atomic E-state index is 0.534. The second kappa shape index (κ2) is 5.43. The van der Waals surface area contributed by atoms with Gasteiger partial charge in [-0.05, 0) is 25.0 Å². The molecule has 0 spiro atoms. The lowest BCUT2D eigenvalue weighted by Gasteiger charge is -2.16. The number of halogens is 2. The van der Waals surface area contributed by atoms with E-state index in [-0.39, 0.29) is 0 Å². The molecule has 0 unspecified atom stereocenters. The Morgan fingerprint density at radius 3 is 2.53 bits per heavy atom. The first kappa shape index (κ1) is 12.8. The van der Waals surface area contributed by atoms with Gasteiger partial charge < -0.3 is 9.88 Å². The van der Waals surface area contributed by atoms with Crippen LogP contribution in [-0.4, -0.2) is 9.55 Å². The summed E-state index contributed by atoms with van der Waals surface area (Å²) in [7, 11) is 0. The average Bonchev–Trinajstić information content (AvgIpc) is 3.04. The largest absolute Gasteiger partial charge is 0.323 e. The van der Waals surface area contributed by atoms with Crippen LogP contribution >= 0.6 is 23.2 Å². The van der Waals surface area contributed by atoms with E-state index in [2.05, 4.69) is 14.9 Å². The predicted molar refractivity (Wildman–Crippen MR) is 79.5 cm³/mol. The van der Waals surface area contributed by atoms with Gasteiger partial charge in [-0.15, -0.1) is 0 Å². The van der Waals surface area contributed by atoms with E-state index < -0.39 is 0 Å². The standard InChI is InChI=1S/C14H15Cl2N3/c15-11-6-3-7-12(16)13(11)18-14-17-8-9-19(14)10-4-1-2-5-10/h3,6-10H,1-2,4-5H2,(H,17,18). The fourth-order valence-corrected chi connectivity index (χ4v) is 3.11. The van der Waals surface area contributed by atoms with Crippen LogP contribution in [0.4, 0.5) is 11.6 Å². The molecule has 0 bridgehead atoms. The molecule has 0 saturated heterocycles. The van der Waals surface area contributed by atoms with Crippen LogP contribution in [0.3, 0.4) is 0 Å². The maximum absolute atomic E-state index is 6.17. The van der Waals surface area contributed by atoms with Gasteiger partial charge in [0.25, 0.3) is 0 Å².